The Kier molecular flexibility index (Phi) is 5.16. The van der Waals surface area contributed by atoms with E-state index in [1.165, 1.54) is 49.0 Å². The molecule has 0 aliphatic heterocycles. The van der Waals surface area contributed by atoms with Gasteiger partial charge in [0.2, 0.25) is 0 Å². The first-order valence-corrected chi connectivity index (χ1v) is 15.1. The average Bonchev–Trinajstić information content (AvgIpc) is 3.11. The van der Waals surface area contributed by atoms with Crippen LogP contribution in [0.15, 0.2) is 146 Å². The maximum Gasteiger partial charge on any atom is 0.0840 e. The van der Waals surface area contributed by atoms with Crippen LogP contribution in [-0.2, 0) is 5.41 Å². The molecule has 44 heavy (non-hydrogen) atoms. The molecule has 210 valence electrons. The fourth-order valence-electron chi connectivity index (χ4n) is 6.47. The zero-order valence-electron chi connectivity index (χ0n) is 29.0. The minimum Gasteiger partial charge on any atom is -0.256 e. The molecule has 1 heteroatoms. The third-order valence-corrected chi connectivity index (χ3v) is 8.82. The molecule has 0 radical (unpaired) electrons. The van der Waals surface area contributed by atoms with E-state index in [9.17, 15) is 0 Å². The lowest BCUT2D eigenvalue weighted by Crippen LogP contribution is -2.10. The first-order chi connectivity index (χ1) is 23.1. The topological polar surface area (TPSA) is 12.9 Å². The summed E-state index contributed by atoms with van der Waals surface area (Å²) in [7, 11) is 0. The molecule has 0 saturated carbocycles. The molecular weight excluding hydrogens is 530 g/mol. The fraction of sp³-hybridized carbons (Fsp3) is 0.0930. The third kappa shape index (κ3) is 4.44. The van der Waals surface area contributed by atoms with Gasteiger partial charge in [-0.25, -0.2) is 0 Å². The van der Waals surface area contributed by atoms with Crippen LogP contribution < -0.4 is 0 Å². The van der Waals surface area contributed by atoms with Gasteiger partial charge in [-0.2, -0.15) is 0 Å². The van der Waals surface area contributed by atoms with Crippen LogP contribution in [0.5, 0.6) is 0 Å². The summed E-state index contributed by atoms with van der Waals surface area (Å²) in [5.74, 6) is 0. The van der Waals surface area contributed by atoms with Gasteiger partial charge in [0.15, 0.2) is 0 Å². The number of aromatic nitrogens is 1. The summed E-state index contributed by atoms with van der Waals surface area (Å²) in [5.41, 5.74) is 9.03. The summed E-state index contributed by atoms with van der Waals surface area (Å²) in [4.78, 5) is 4.19. The fourth-order valence-corrected chi connectivity index (χ4v) is 6.47. The molecule has 0 spiro atoms. The van der Waals surface area contributed by atoms with Gasteiger partial charge >= 0.3 is 0 Å². The van der Waals surface area contributed by atoms with E-state index in [1.54, 1.807) is 0 Å². The normalized spacial score (nSPS) is 13.2. The lowest BCUT2D eigenvalue weighted by molar-refractivity contribution is 0.591. The Morgan fingerprint density at radius 2 is 1.07 bits per heavy atom. The number of hydrogen-bond acceptors (Lipinski definition) is 1. The van der Waals surface area contributed by atoms with Crippen LogP contribution in [0.3, 0.4) is 0 Å². The average molecular weight is 568 g/mol. The molecule has 0 amide bonds. The summed E-state index contributed by atoms with van der Waals surface area (Å²) in [6, 6.07) is 42.4. The summed E-state index contributed by atoms with van der Waals surface area (Å²) >= 11 is 0. The molecule has 0 aliphatic carbocycles. The molecule has 0 aliphatic rings. The highest BCUT2D eigenvalue weighted by Gasteiger charge is 2.20. The number of hydrogen-bond donors (Lipinski definition) is 0. The molecular formula is C43H33N. The molecule has 1 heterocycles. The van der Waals surface area contributed by atoms with Crippen molar-refractivity contribution in [2.75, 3.05) is 0 Å². The van der Waals surface area contributed by atoms with Gasteiger partial charge in [-0.15, -0.1) is 0 Å². The largest absolute Gasteiger partial charge is 0.256 e. The lowest BCUT2D eigenvalue weighted by atomic mass is 9.81. The van der Waals surface area contributed by atoms with Crippen LogP contribution in [0.2, 0.25) is 0 Å². The molecule has 1 nitrogen and oxygen atoms in total. The number of nitrogens with zero attached hydrogens (tertiary/aromatic N) is 1. The zero-order valence-corrected chi connectivity index (χ0v) is 25.0. The molecule has 8 aromatic rings. The van der Waals surface area contributed by atoms with E-state index in [0.717, 1.165) is 22.3 Å². The van der Waals surface area contributed by atoms with Crippen molar-refractivity contribution < 1.29 is 5.48 Å². The van der Waals surface area contributed by atoms with Crippen molar-refractivity contribution in [3.05, 3.63) is 151 Å². The Bertz CT molecular complexity index is 2480. The van der Waals surface area contributed by atoms with Gasteiger partial charge in [-0.3, -0.25) is 4.98 Å². The predicted octanol–water partition coefficient (Wildman–Crippen LogP) is 11.9. The Morgan fingerprint density at radius 3 is 1.66 bits per heavy atom. The van der Waals surface area contributed by atoms with E-state index in [1.807, 2.05) is 30.3 Å². The zero-order chi connectivity index (χ0) is 33.3. The summed E-state index contributed by atoms with van der Waals surface area (Å²) < 4.78 is 32.5. The van der Waals surface area contributed by atoms with Gasteiger partial charge in [0.1, 0.15) is 0 Å². The third-order valence-electron chi connectivity index (χ3n) is 8.82. The number of benzene rings is 7. The Labute approximate surface area is 264 Å². The quantitative estimate of drug-likeness (QED) is 0.193. The van der Waals surface area contributed by atoms with Crippen molar-refractivity contribution in [2.45, 2.75) is 26.2 Å². The van der Waals surface area contributed by atoms with Crippen LogP contribution in [0.1, 0.15) is 31.8 Å². The molecule has 0 bridgehead atoms. The second-order valence-corrected chi connectivity index (χ2v) is 12.6. The van der Waals surface area contributed by atoms with Crippen molar-refractivity contribution in [3.8, 4) is 44.6 Å². The first-order valence-electron chi connectivity index (χ1n) is 17.1. The lowest BCUT2D eigenvalue weighted by Gasteiger charge is -2.23. The minimum absolute atomic E-state index is 0.0270. The summed E-state index contributed by atoms with van der Waals surface area (Å²) in [6.07, 6.45) is -0.292. The SMILES string of the molecule is [2H]c1nc(-c2ccc(-c3cc(-c4ccc(-c5ccccc5)cc4)c4ccc5cc(C(C)(C)C)cc6ccc3c4c56)cc2)c([2H])c([2H])c1[2H]. The van der Waals surface area contributed by atoms with Crippen LogP contribution in [0.4, 0.5) is 0 Å². The van der Waals surface area contributed by atoms with Gasteiger partial charge in [0.05, 0.1) is 11.2 Å². The van der Waals surface area contributed by atoms with Crippen LogP contribution in [0.25, 0.3) is 77.0 Å². The van der Waals surface area contributed by atoms with Gasteiger partial charge in [0.25, 0.3) is 0 Å². The van der Waals surface area contributed by atoms with Crippen molar-refractivity contribution in [3.63, 3.8) is 0 Å². The monoisotopic (exact) mass is 567 g/mol. The van der Waals surface area contributed by atoms with Crippen molar-refractivity contribution in [1.82, 2.24) is 4.98 Å². The molecule has 0 saturated heterocycles. The van der Waals surface area contributed by atoms with E-state index in [-0.39, 0.29) is 35.4 Å². The van der Waals surface area contributed by atoms with E-state index >= 15 is 0 Å². The van der Waals surface area contributed by atoms with E-state index in [2.05, 4.69) is 117 Å². The highest BCUT2D eigenvalue weighted by Crippen LogP contribution is 2.45. The molecule has 7 aromatic carbocycles. The smallest absolute Gasteiger partial charge is 0.0840 e. The maximum absolute atomic E-state index is 8.41. The second kappa shape index (κ2) is 10.2. The van der Waals surface area contributed by atoms with Crippen LogP contribution in [-0.4, -0.2) is 4.98 Å². The summed E-state index contributed by atoms with van der Waals surface area (Å²) in [6.45, 7) is 6.78. The first kappa shape index (κ1) is 22.3. The van der Waals surface area contributed by atoms with E-state index in [0.29, 0.717) is 5.56 Å². The second-order valence-electron chi connectivity index (χ2n) is 12.6. The molecule has 0 fully saturated rings. The number of rotatable bonds is 4. The molecule has 8 rings (SSSR count). The Morgan fingerprint density at radius 1 is 0.523 bits per heavy atom. The standard InChI is InChI=1S/C43H33N/c1-43(2,3)35-25-33-20-22-36-38(30-14-12-29(13-15-30)28-9-5-4-6-10-28)27-39(37-23-21-34(26-35)41(33)42(36)37)31-16-18-32(19-17-31)40-11-7-8-24-44-40/h4-27H,1-3H3/i7D,8D,11D,24D. The highest BCUT2D eigenvalue weighted by atomic mass is 14.7. The van der Waals surface area contributed by atoms with Gasteiger partial charge in [-0.1, -0.05) is 142 Å². The Hall–Kier alpha value is -5.27. The summed E-state index contributed by atoms with van der Waals surface area (Å²) in [5, 5.41) is 7.36. The van der Waals surface area contributed by atoms with Gasteiger partial charge in [0, 0.05) is 11.7 Å². The Balaban J connectivity index is 1.36. The molecule has 0 N–H and O–H groups in total. The highest BCUT2D eigenvalue weighted by molar-refractivity contribution is 6.28. The van der Waals surface area contributed by atoms with Crippen LogP contribution in [0, 0.1) is 0 Å². The van der Waals surface area contributed by atoms with Crippen LogP contribution >= 0.6 is 0 Å². The van der Waals surface area contributed by atoms with Crippen molar-refractivity contribution in [1.29, 1.82) is 0 Å². The predicted molar refractivity (Wildman–Crippen MR) is 188 cm³/mol. The number of pyridine rings is 1. The van der Waals surface area contributed by atoms with Crippen molar-refractivity contribution in [2.24, 2.45) is 0 Å². The van der Waals surface area contributed by atoms with Crippen molar-refractivity contribution >= 4 is 32.3 Å². The van der Waals surface area contributed by atoms with Gasteiger partial charge in [-0.05, 0) is 94.8 Å². The van der Waals surface area contributed by atoms with Gasteiger partial charge < -0.3 is 0 Å². The molecule has 1 aromatic heterocycles. The maximum atomic E-state index is 8.41. The van der Waals surface area contributed by atoms with E-state index < -0.39 is 0 Å². The minimum atomic E-state index is -0.326. The molecule has 0 unspecified atom stereocenters. The van der Waals surface area contributed by atoms with E-state index in [4.69, 9.17) is 5.48 Å². The molecule has 0 atom stereocenters.